The van der Waals surface area contributed by atoms with Gasteiger partial charge < -0.3 is 4.74 Å². The number of ether oxygens (including phenoxy) is 1. The lowest BCUT2D eigenvalue weighted by Crippen LogP contribution is -2.49. The van der Waals surface area contributed by atoms with Crippen molar-refractivity contribution >= 4 is 15.7 Å². The third-order valence-corrected chi connectivity index (χ3v) is 5.43. The summed E-state index contributed by atoms with van der Waals surface area (Å²) in [6.45, 7) is 5.99. The number of benzene rings is 2. The highest BCUT2D eigenvalue weighted by Gasteiger charge is 2.38. The van der Waals surface area contributed by atoms with Crippen molar-refractivity contribution in [2.75, 3.05) is 10.8 Å². The molecule has 5 heteroatoms. The minimum atomic E-state index is -3.61. The Balaban J connectivity index is 2.12. The van der Waals surface area contributed by atoms with Crippen LogP contribution < -0.4 is 9.04 Å². The molecule has 1 heterocycles. The maximum absolute atomic E-state index is 13.0. The standard InChI is InChI=1S/C17H19NO3S/c1-13-8-10-14(11-9-13)22(19,20)18-12-17(2,3)21-16-7-5-4-6-15(16)18/h4-11H,12H2,1-3H3. The van der Waals surface area contributed by atoms with E-state index in [9.17, 15) is 8.42 Å². The van der Waals surface area contributed by atoms with Gasteiger partial charge in [0.25, 0.3) is 10.0 Å². The molecule has 116 valence electrons. The summed E-state index contributed by atoms with van der Waals surface area (Å²) < 4.78 is 33.4. The number of nitrogens with zero attached hydrogens (tertiary/aromatic N) is 1. The Kier molecular flexibility index (Phi) is 3.40. The number of hydrogen-bond donors (Lipinski definition) is 0. The lowest BCUT2D eigenvalue weighted by atomic mass is 10.1. The molecular formula is C17H19NO3S. The van der Waals surface area contributed by atoms with Crippen molar-refractivity contribution in [3.05, 3.63) is 54.1 Å². The number of anilines is 1. The van der Waals surface area contributed by atoms with E-state index in [4.69, 9.17) is 4.74 Å². The summed E-state index contributed by atoms with van der Waals surface area (Å²) in [6, 6.07) is 14.2. The third-order valence-electron chi connectivity index (χ3n) is 3.65. The van der Waals surface area contributed by atoms with Gasteiger partial charge in [0.05, 0.1) is 17.1 Å². The first kappa shape index (κ1) is 14.9. The van der Waals surface area contributed by atoms with E-state index >= 15 is 0 Å². The van der Waals surface area contributed by atoms with Gasteiger partial charge in [0, 0.05) is 0 Å². The zero-order chi connectivity index (χ0) is 16.0. The second-order valence-corrected chi connectivity index (χ2v) is 8.02. The van der Waals surface area contributed by atoms with E-state index in [1.165, 1.54) is 4.31 Å². The lowest BCUT2D eigenvalue weighted by molar-refractivity contribution is 0.110. The van der Waals surface area contributed by atoms with Crippen LogP contribution in [0.25, 0.3) is 0 Å². The van der Waals surface area contributed by atoms with E-state index < -0.39 is 15.6 Å². The summed E-state index contributed by atoms with van der Waals surface area (Å²) in [7, 11) is -3.61. The van der Waals surface area contributed by atoms with Crippen LogP contribution in [-0.2, 0) is 10.0 Å². The molecule has 0 saturated carbocycles. The van der Waals surface area contributed by atoms with Crippen molar-refractivity contribution in [1.82, 2.24) is 0 Å². The number of rotatable bonds is 2. The normalized spacial score (nSPS) is 16.8. The fourth-order valence-electron chi connectivity index (χ4n) is 2.56. The largest absolute Gasteiger partial charge is 0.484 e. The van der Waals surface area contributed by atoms with Crippen molar-refractivity contribution in [2.24, 2.45) is 0 Å². The first-order chi connectivity index (χ1) is 10.3. The zero-order valence-electron chi connectivity index (χ0n) is 12.9. The molecule has 1 aliphatic rings. The first-order valence-electron chi connectivity index (χ1n) is 7.17. The minimum Gasteiger partial charge on any atom is -0.484 e. The Morgan fingerprint density at radius 3 is 2.36 bits per heavy atom. The molecule has 0 fully saturated rings. The molecule has 2 aromatic carbocycles. The fraction of sp³-hybridized carbons (Fsp3) is 0.294. The SMILES string of the molecule is Cc1ccc(S(=O)(=O)N2CC(C)(C)Oc3ccccc32)cc1. The molecule has 0 spiro atoms. The molecule has 1 aliphatic heterocycles. The molecule has 0 atom stereocenters. The van der Waals surface area contributed by atoms with Crippen molar-refractivity contribution in [3.8, 4) is 5.75 Å². The highest BCUT2D eigenvalue weighted by Crippen LogP contribution is 2.39. The number of fused-ring (bicyclic) bond motifs is 1. The molecule has 0 bridgehead atoms. The summed E-state index contributed by atoms with van der Waals surface area (Å²) in [5.74, 6) is 0.592. The van der Waals surface area contributed by atoms with E-state index in [1.807, 2.05) is 45.0 Å². The average Bonchev–Trinajstić information content (AvgIpc) is 2.46. The number of hydrogen-bond acceptors (Lipinski definition) is 3. The smallest absolute Gasteiger partial charge is 0.264 e. The lowest BCUT2D eigenvalue weighted by Gasteiger charge is -2.39. The molecule has 0 unspecified atom stereocenters. The van der Waals surface area contributed by atoms with Gasteiger partial charge in [-0.3, -0.25) is 4.31 Å². The molecule has 0 saturated heterocycles. The van der Waals surface area contributed by atoms with Gasteiger partial charge in [-0.15, -0.1) is 0 Å². The summed E-state index contributed by atoms with van der Waals surface area (Å²) >= 11 is 0. The van der Waals surface area contributed by atoms with Gasteiger partial charge in [-0.25, -0.2) is 8.42 Å². The second-order valence-electron chi connectivity index (χ2n) is 6.15. The predicted octanol–water partition coefficient (Wildman–Crippen LogP) is 3.36. The van der Waals surface area contributed by atoms with E-state index in [0.29, 0.717) is 16.3 Å². The van der Waals surface area contributed by atoms with Gasteiger partial charge in [0.15, 0.2) is 0 Å². The quantitative estimate of drug-likeness (QED) is 0.853. The molecule has 0 N–H and O–H groups in total. The van der Waals surface area contributed by atoms with Crippen LogP contribution in [-0.4, -0.2) is 20.6 Å². The van der Waals surface area contributed by atoms with Gasteiger partial charge in [-0.1, -0.05) is 29.8 Å². The number of aryl methyl sites for hydroxylation is 1. The Bertz CT molecular complexity index is 795. The molecule has 3 rings (SSSR count). The van der Waals surface area contributed by atoms with Crippen LogP contribution in [0, 0.1) is 6.92 Å². The molecule has 0 aliphatic carbocycles. The summed E-state index contributed by atoms with van der Waals surface area (Å²) in [6.07, 6.45) is 0. The van der Waals surface area contributed by atoms with Gasteiger partial charge >= 0.3 is 0 Å². The van der Waals surface area contributed by atoms with Gasteiger partial charge in [0.2, 0.25) is 0 Å². The van der Waals surface area contributed by atoms with Crippen molar-refractivity contribution in [1.29, 1.82) is 0 Å². The molecular weight excluding hydrogens is 298 g/mol. The number of para-hydroxylation sites is 2. The summed E-state index contributed by atoms with van der Waals surface area (Å²) in [4.78, 5) is 0.297. The van der Waals surface area contributed by atoms with Gasteiger partial charge in [-0.05, 0) is 45.0 Å². The van der Waals surface area contributed by atoms with E-state index in [1.54, 1.807) is 24.3 Å². The third kappa shape index (κ3) is 2.57. The number of sulfonamides is 1. The maximum atomic E-state index is 13.0. The van der Waals surface area contributed by atoms with Crippen LogP contribution in [0.4, 0.5) is 5.69 Å². The Morgan fingerprint density at radius 2 is 1.68 bits per heavy atom. The summed E-state index contributed by atoms with van der Waals surface area (Å²) in [5.41, 5.74) is 1.04. The topological polar surface area (TPSA) is 46.6 Å². The Hall–Kier alpha value is -2.01. The van der Waals surface area contributed by atoms with Crippen LogP contribution in [0.15, 0.2) is 53.4 Å². The van der Waals surface area contributed by atoms with Crippen LogP contribution >= 0.6 is 0 Å². The second kappa shape index (κ2) is 5.02. The van der Waals surface area contributed by atoms with E-state index in [0.717, 1.165) is 5.56 Å². The first-order valence-corrected chi connectivity index (χ1v) is 8.61. The highest BCUT2D eigenvalue weighted by molar-refractivity contribution is 7.92. The molecule has 0 aromatic heterocycles. The van der Waals surface area contributed by atoms with Gasteiger partial charge in [0.1, 0.15) is 11.4 Å². The molecule has 2 aromatic rings. The Labute approximate surface area is 131 Å². The van der Waals surface area contributed by atoms with Crippen LogP contribution in [0.3, 0.4) is 0 Å². The van der Waals surface area contributed by atoms with Crippen LogP contribution in [0.1, 0.15) is 19.4 Å². The van der Waals surface area contributed by atoms with Crippen LogP contribution in [0.5, 0.6) is 5.75 Å². The Morgan fingerprint density at radius 1 is 1.05 bits per heavy atom. The highest BCUT2D eigenvalue weighted by atomic mass is 32.2. The fourth-order valence-corrected chi connectivity index (χ4v) is 4.19. The molecule has 0 amide bonds. The van der Waals surface area contributed by atoms with Crippen molar-refractivity contribution in [2.45, 2.75) is 31.3 Å². The summed E-state index contributed by atoms with van der Waals surface area (Å²) in [5, 5.41) is 0. The van der Waals surface area contributed by atoms with Gasteiger partial charge in [-0.2, -0.15) is 0 Å². The minimum absolute atomic E-state index is 0.278. The zero-order valence-corrected chi connectivity index (χ0v) is 13.7. The van der Waals surface area contributed by atoms with E-state index in [2.05, 4.69) is 0 Å². The van der Waals surface area contributed by atoms with E-state index in [-0.39, 0.29) is 6.54 Å². The van der Waals surface area contributed by atoms with Crippen LogP contribution in [0.2, 0.25) is 0 Å². The molecule has 0 radical (unpaired) electrons. The predicted molar refractivity (Wildman–Crippen MR) is 86.9 cm³/mol. The molecule has 4 nitrogen and oxygen atoms in total. The van der Waals surface area contributed by atoms with Crippen molar-refractivity contribution < 1.29 is 13.2 Å². The maximum Gasteiger partial charge on any atom is 0.264 e. The van der Waals surface area contributed by atoms with Crippen molar-refractivity contribution in [3.63, 3.8) is 0 Å². The average molecular weight is 317 g/mol. The molecule has 22 heavy (non-hydrogen) atoms. The monoisotopic (exact) mass is 317 g/mol.